The Bertz CT molecular complexity index is 1450. The zero-order valence-electron chi connectivity index (χ0n) is 20.3. The molecule has 3 aromatic carbocycles. The van der Waals surface area contributed by atoms with Gasteiger partial charge in [0.25, 0.3) is 11.5 Å². The minimum atomic E-state index is -0.175. The third kappa shape index (κ3) is 6.01. The van der Waals surface area contributed by atoms with Crippen molar-refractivity contribution >= 4 is 40.2 Å². The molecule has 0 aliphatic carbocycles. The van der Waals surface area contributed by atoms with Crippen LogP contribution in [0.5, 0.6) is 0 Å². The summed E-state index contributed by atoms with van der Waals surface area (Å²) < 4.78 is 1.58. The van der Waals surface area contributed by atoms with Gasteiger partial charge in [-0.3, -0.25) is 19.0 Å². The van der Waals surface area contributed by atoms with Crippen LogP contribution in [-0.2, 0) is 11.3 Å². The molecule has 0 saturated heterocycles. The molecule has 2 N–H and O–H groups in total. The van der Waals surface area contributed by atoms with Crippen molar-refractivity contribution in [1.82, 2.24) is 14.9 Å². The molecule has 0 atom stereocenters. The van der Waals surface area contributed by atoms with Gasteiger partial charge in [0, 0.05) is 17.8 Å². The first-order valence-corrected chi connectivity index (χ1v) is 12.8. The van der Waals surface area contributed by atoms with Gasteiger partial charge in [-0.25, -0.2) is 4.98 Å². The number of carbonyl (C=O) groups is 2. The van der Waals surface area contributed by atoms with E-state index in [1.807, 2.05) is 62.4 Å². The number of amides is 2. The van der Waals surface area contributed by atoms with Gasteiger partial charge in [0.1, 0.15) is 0 Å². The normalized spacial score (nSPS) is 10.8. The van der Waals surface area contributed by atoms with Crippen molar-refractivity contribution in [2.24, 2.45) is 0 Å². The average molecular weight is 501 g/mol. The Kier molecular flexibility index (Phi) is 8.17. The molecule has 0 bridgehead atoms. The molecule has 4 aromatic rings. The first-order valence-electron chi connectivity index (χ1n) is 11.8. The summed E-state index contributed by atoms with van der Waals surface area (Å²) in [7, 11) is 0. The lowest BCUT2D eigenvalue weighted by Crippen LogP contribution is -2.25. The Morgan fingerprint density at radius 2 is 1.69 bits per heavy atom. The SMILES string of the molecule is CCCNC(=O)c1ccc(Cn2c(SCC(=O)Nc3ccccc3C)nc3ccccc3c2=O)cc1. The minimum absolute atomic E-state index is 0.107. The third-order valence-corrected chi connectivity index (χ3v) is 6.65. The highest BCUT2D eigenvalue weighted by molar-refractivity contribution is 7.99. The lowest BCUT2D eigenvalue weighted by Gasteiger charge is -2.14. The van der Waals surface area contributed by atoms with Crippen molar-refractivity contribution in [2.45, 2.75) is 32.0 Å². The van der Waals surface area contributed by atoms with E-state index in [4.69, 9.17) is 4.98 Å². The number of thioether (sulfide) groups is 1. The number of aryl methyl sites for hydroxylation is 1. The van der Waals surface area contributed by atoms with Gasteiger partial charge in [-0.2, -0.15) is 0 Å². The summed E-state index contributed by atoms with van der Waals surface area (Å²) in [5, 5.41) is 6.76. The second-order valence-electron chi connectivity index (χ2n) is 8.41. The second kappa shape index (κ2) is 11.7. The minimum Gasteiger partial charge on any atom is -0.352 e. The van der Waals surface area contributed by atoms with Crippen LogP contribution in [0.3, 0.4) is 0 Å². The van der Waals surface area contributed by atoms with Crippen LogP contribution in [0, 0.1) is 6.92 Å². The predicted octanol–water partition coefficient (Wildman–Crippen LogP) is 4.62. The smallest absolute Gasteiger partial charge is 0.262 e. The fourth-order valence-electron chi connectivity index (χ4n) is 3.71. The van der Waals surface area contributed by atoms with Crippen molar-refractivity contribution in [3.8, 4) is 0 Å². The van der Waals surface area contributed by atoms with Crippen LogP contribution in [0.4, 0.5) is 5.69 Å². The lowest BCUT2D eigenvalue weighted by atomic mass is 10.1. The molecule has 0 aliphatic heterocycles. The standard InChI is InChI=1S/C28H28N4O3S/c1-3-16-29-26(34)21-14-12-20(13-15-21)17-32-27(35)22-9-5-7-11-24(22)31-28(32)36-18-25(33)30-23-10-6-4-8-19(23)2/h4-15H,3,16-18H2,1-2H3,(H,29,34)(H,30,33). The molecule has 1 aromatic heterocycles. The van der Waals surface area contributed by atoms with E-state index in [-0.39, 0.29) is 29.7 Å². The van der Waals surface area contributed by atoms with Gasteiger partial charge < -0.3 is 10.6 Å². The van der Waals surface area contributed by atoms with E-state index in [0.717, 1.165) is 23.2 Å². The van der Waals surface area contributed by atoms with E-state index in [1.54, 1.807) is 28.8 Å². The van der Waals surface area contributed by atoms with E-state index in [0.29, 0.717) is 28.2 Å². The first kappa shape index (κ1) is 25.2. The van der Waals surface area contributed by atoms with Gasteiger partial charge in [-0.1, -0.05) is 61.2 Å². The Hall–Kier alpha value is -3.91. The molecule has 8 heteroatoms. The van der Waals surface area contributed by atoms with E-state index in [2.05, 4.69) is 10.6 Å². The fourth-order valence-corrected chi connectivity index (χ4v) is 4.51. The maximum Gasteiger partial charge on any atom is 0.262 e. The molecule has 0 spiro atoms. The molecule has 4 rings (SSSR count). The Morgan fingerprint density at radius 1 is 0.972 bits per heavy atom. The molecular formula is C28H28N4O3S. The van der Waals surface area contributed by atoms with Crippen LogP contribution in [0.15, 0.2) is 82.7 Å². The number of para-hydroxylation sites is 2. The van der Waals surface area contributed by atoms with Crippen LogP contribution in [0.25, 0.3) is 10.9 Å². The van der Waals surface area contributed by atoms with Crippen molar-refractivity contribution < 1.29 is 9.59 Å². The number of hydrogen-bond acceptors (Lipinski definition) is 5. The molecule has 0 fully saturated rings. The van der Waals surface area contributed by atoms with Crippen LogP contribution >= 0.6 is 11.8 Å². The monoisotopic (exact) mass is 500 g/mol. The second-order valence-corrected chi connectivity index (χ2v) is 9.35. The van der Waals surface area contributed by atoms with E-state index >= 15 is 0 Å². The van der Waals surface area contributed by atoms with Crippen LogP contribution in [-0.4, -0.2) is 33.7 Å². The van der Waals surface area contributed by atoms with Crippen LogP contribution < -0.4 is 16.2 Å². The molecule has 0 saturated carbocycles. The molecule has 1 heterocycles. The fraction of sp³-hybridized carbons (Fsp3) is 0.214. The molecule has 0 radical (unpaired) electrons. The van der Waals surface area contributed by atoms with E-state index in [9.17, 15) is 14.4 Å². The number of carbonyl (C=O) groups excluding carboxylic acids is 2. The van der Waals surface area contributed by atoms with E-state index < -0.39 is 0 Å². The predicted molar refractivity (Wildman–Crippen MR) is 145 cm³/mol. The highest BCUT2D eigenvalue weighted by atomic mass is 32.2. The van der Waals surface area contributed by atoms with Crippen molar-refractivity contribution in [3.63, 3.8) is 0 Å². The lowest BCUT2D eigenvalue weighted by molar-refractivity contribution is -0.113. The number of fused-ring (bicyclic) bond motifs is 1. The number of rotatable bonds is 9. The van der Waals surface area contributed by atoms with Gasteiger partial charge in [-0.15, -0.1) is 0 Å². The molecule has 7 nitrogen and oxygen atoms in total. The van der Waals surface area contributed by atoms with Crippen LogP contribution in [0.2, 0.25) is 0 Å². The Balaban J connectivity index is 1.57. The summed E-state index contributed by atoms with van der Waals surface area (Å²) in [5.41, 5.74) is 3.57. The topological polar surface area (TPSA) is 93.1 Å². The maximum absolute atomic E-state index is 13.4. The number of nitrogens with one attached hydrogen (secondary N) is 2. The molecule has 0 unspecified atom stereocenters. The summed E-state index contributed by atoms with van der Waals surface area (Å²) in [4.78, 5) is 42.9. The summed E-state index contributed by atoms with van der Waals surface area (Å²) >= 11 is 1.22. The summed E-state index contributed by atoms with van der Waals surface area (Å²) in [5.74, 6) is -0.190. The quantitative estimate of drug-likeness (QED) is 0.258. The first-order chi connectivity index (χ1) is 17.5. The summed E-state index contributed by atoms with van der Waals surface area (Å²) in [6.07, 6.45) is 0.866. The summed E-state index contributed by atoms with van der Waals surface area (Å²) in [6, 6.07) is 21.9. The zero-order chi connectivity index (χ0) is 25.5. The summed E-state index contributed by atoms with van der Waals surface area (Å²) in [6.45, 7) is 4.83. The number of benzene rings is 3. The maximum atomic E-state index is 13.4. The third-order valence-electron chi connectivity index (χ3n) is 5.67. The Labute approximate surface area is 214 Å². The van der Waals surface area contributed by atoms with Crippen LogP contribution in [0.1, 0.15) is 34.8 Å². The number of anilines is 1. The van der Waals surface area contributed by atoms with Gasteiger partial charge >= 0.3 is 0 Å². The van der Waals surface area contributed by atoms with E-state index in [1.165, 1.54) is 11.8 Å². The molecule has 36 heavy (non-hydrogen) atoms. The van der Waals surface area contributed by atoms with Crippen molar-refractivity contribution in [2.75, 3.05) is 17.6 Å². The van der Waals surface area contributed by atoms with Gasteiger partial charge in [0.2, 0.25) is 5.91 Å². The average Bonchev–Trinajstić information content (AvgIpc) is 2.89. The Morgan fingerprint density at radius 3 is 2.44 bits per heavy atom. The largest absolute Gasteiger partial charge is 0.352 e. The van der Waals surface area contributed by atoms with Crippen molar-refractivity contribution in [3.05, 3.63) is 99.8 Å². The molecular weight excluding hydrogens is 472 g/mol. The highest BCUT2D eigenvalue weighted by Gasteiger charge is 2.15. The zero-order valence-corrected chi connectivity index (χ0v) is 21.1. The molecule has 184 valence electrons. The molecule has 0 aliphatic rings. The number of nitrogens with zero attached hydrogens (tertiary/aromatic N) is 2. The van der Waals surface area contributed by atoms with Crippen molar-refractivity contribution in [1.29, 1.82) is 0 Å². The number of aromatic nitrogens is 2. The number of hydrogen-bond donors (Lipinski definition) is 2. The van der Waals surface area contributed by atoms with Gasteiger partial charge in [0.15, 0.2) is 5.16 Å². The van der Waals surface area contributed by atoms with Gasteiger partial charge in [0.05, 0.1) is 23.2 Å². The highest BCUT2D eigenvalue weighted by Crippen LogP contribution is 2.20. The van der Waals surface area contributed by atoms with Gasteiger partial charge in [-0.05, 0) is 54.8 Å². The molecule has 2 amide bonds.